The zero-order valence-corrected chi connectivity index (χ0v) is 18.3. The van der Waals surface area contributed by atoms with E-state index in [0.29, 0.717) is 26.2 Å². The highest BCUT2D eigenvalue weighted by molar-refractivity contribution is 9.11. The van der Waals surface area contributed by atoms with Gasteiger partial charge in [-0.05, 0) is 118 Å². The number of hydrogen-bond donors (Lipinski definition) is 3. The summed E-state index contributed by atoms with van der Waals surface area (Å²) in [6.45, 7) is 0. The second kappa shape index (κ2) is 7.06. The fourth-order valence-corrected chi connectivity index (χ4v) is 7.24. The molecular weight excluding hydrogens is 480 g/mol. The Morgan fingerprint density at radius 1 is 1.12 bits per heavy atom. The van der Waals surface area contributed by atoms with E-state index in [9.17, 15) is 9.90 Å². The van der Waals surface area contributed by atoms with Crippen LogP contribution < -0.4 is 10.6 Å². The van der Waals surface area contributed by atoms with E-state index in [4.69, 9.17) is 12.2 Å². The van der Waals surface area contributed by atoms with Crippen molar-refractivity contribution in [2.24, 2.45) is 23.2 Å². The molecule has 0 radical (unpaired) electrons. The van der Waals surface area contributed by atoms with Gasteiger partial charge in [-0.3, -0.25) is 4.79 Å². The number of phenolic OH excluding ortho intramolecular Hbond substituents is 1. The largest absolute Gasteiger partial charge is 0.506 e. The van der Waals surface area contributed by atoms with E-state index in [2.05, 4.69) is 42.5 Å². The van der Waals surface area contributed by atoms with Gasteiger partial charge < -0.3 is 15.7 Å². The SMILES string of the molecule is O=C(CC12CC3CC(CC(C3)C1)C2)NC(=S)Nc1cc(Br)c(O)c(Br)c1. The predicted molar refractivity (Wildman–Crippen MR) is 113 cm³/mol. The van der Waals surface area contributed by atoms with Crippen LogP contribution in [0.25, 0.3) is 0 Å². The molecule has 1 aromatic rings. The Hall–Kier alpha value is -0.660. The van der Waals surface area contributed by atoms with Crippen molar-refractivity contribution in [2.45, 2.75) is 44.9 Å². The third-order valence-corrected chi connectivity index (χ3v) is 7.64. The third-order valence-electron chi connectivity index (χ3n) is 6.23. The molecule has 4 aliphatic carbocycles. The average molecular weight is 502 g/mol. The first kappa shape index (κ1) is 18.7. The number of carbonyl (C=O) groups excluding carboxylic acids is 1. The van der Waals surface area contributed by atoms with Gasteiger partial charge in [0.1, 0.15) is 5.75 Å². The topological polar surface area (TPSA) is 61.4 Å². The first-order valence-electron chi connectivity index (χ1n) is 9.11. The van der Waals surface area contributed by atoms with E-state index in [-0.39, 0.29) is 17.1 Å². The van der Waals surface area contributed by atoms with Crippen LogP contribution >= 0.6 is 44.1 Å². The highest BCUT2D eigenvalue weighted by Crippen LogP contribution is 2.61. The summed E-state index contributed by atoms with van der Waals surface area (Å²) in [4.78, 5) is 12.6. The molecule has 140 valence electrons. The van der Waals surface area contributed by atoms with E-state index in [1.165, 1.54) is 38.5 Å². The lowest BCUT2D eigenvalue weighted by Gasteiger charge is -2.56. The van der Waals surface area contributed by atoms with Crippen molar-refractivity contribution in [1.29, 1.82) is 0 Å². The van der Waals surface area contributed by atoms with Crippen molar-refractivity contribution in [2.75, 3.05) is 5.32 Å². The molecule has 1 aromatic carbocycles. The molecule has 4 fully saturated rings. The van der Waals surface area contributed by atoms with Gasteiger partial charge in [-0.1, -0.05) is 0 Å². The number of halogens is 2. The van der Waals surface area contributed by atoms with Crippen LogP contribution in [0.15, 0.2) is 21.1 Å². The number of rotatable bonds is 3. The van der Waals surface area contributed by atoms with Crippen molar-refractivity contribution in [1.82, 2.24) is 5.32 Å². The molecule has 0 atom stereocenters. The maximum Gasteiger partial charge on any atom is 0.226 e. The van der Waals surface area contributed by atoms with Crippen LogP contribution in [0.4, 0.5) is 5.69 Å². The molecule has 0 unspecified atom stereocenters. The Morgan fingerprint density at radius 3 is 2.12 bits per heavy atom. The second-order valence-electron chi connectivity index (χ2n) is 8.39. The summed E-state index contributed by atoms with van der Waals surface area (Å²) in [5, 5.41) is 15.9. The van der Waals surface area contributed by atoms with Crippen molar-refractivity contribution in [3.05, 3.63) is 21.1 Å². The zero-order valence-electron chi connectivity index (χ0n) is 14.4. The molecule has 3 N–H and O–H groups in total. The van der Waals surface area contributed by atoms with Gasteiger partial charge in [0, 0.05) is 12.1 Å². The molecular formula is C19H22Br2N2O2S. The Labute approximate surface area is 175 Å². The van der Waals surface area contributed by atoms with Crippen molar-refractivity contribution < 1.29 is 9.90 Å². The highest BCUT2D eigenvalue weighted by Gasteiger charge is 2.51. The molecule has 4 nitrogen and oxygen atoms in total. The lowest BCUT2D eigenvalue weighted by Crippen LogP contribution is -2.48. The molecule has 0 saturated heterocycles. The number of benzene rings is 1. The summed E-state index contributed by atoms with van der Waals surface area (Å²) in [6, 6.07) is 3.44. The molecule has 0 spiro atoms. The van der Waals surface area contributed by atoms with Gasteiger partial charge in [0.2, 0.25) is 5.91 Å². The van der Waals surface area contributed by atoms with Crippen LogP contribution in [0.5, 0.6) is 5.75 Å². The molecule has 4 saturated carbocycles. The normalized spacial score (nSPS) is 31.7. The van der Waals surface area contributed by atoms with E-state index >= 15 is 0 Å². The number of amides is 1. The van der Waals surface area contributed by atoms with E-state index in [1.54, 1.807) is 12.1 Å². The van der Waals surface area contributed by atoms with E-state index in [1.807, 2.05) is 0 Å². The van der Waals surface area contributed by atoms with Crippen LogP contribution in [0.2, 0.25) is 0 Å². The second-order valence-corrected chi connectivity index (χ2v) is 10.5. The predicted octanol–water partition coefficient (Wildman–Crippen LogP) is 5.34. The third kappa shape index (κ3) is 3.80. The van der Waals surface area contributed by atoms with Gasteiger partial charge in [0.25, 0.3) is 0 Å². The Morgan fingerprint density at radius 2 is 1.62 bits per heavy atom. The van der Waals surface area contributed by atoms with Gasteiger partial charge in [-0.25, -0.2) is 0 Å². The van der Waals surface area contributed by atoms with Gasteiger partial charge in [0.05, 0.1) is 8.95 Å². The quantitative estimate of drug-likeness (QED) is 0.386. The van der Waals surface area contributed by atoms with E-state index < -0.39 is 0 Å². The molecule has 26 heavy (non-hydrogen) atoms. The summed E-state index contributed by atoms with van der Waals surface area (Å²) in [7, 11) is 0. The maximum atomic E-state index is 12.6. The summed E-state index contributed by atoms with van der Waals surface area (Å²) < 4.78 is 1.11. The fourth-order valence-electron chi connectivity index (χ4n) is 5.82. The van der Waals surface area contributed by atoms with Crippen LogP contribution in [0.1, 0.15) is 44.9 Å². The van der Waals surface area contributed by atoms with Crippen LogP contribution in [-0.2, 0) is 4.79 Å². The Kier molecular flexibility index (Phi) is 5.07. The van der Waals surface area contributed by atoms with Crippen molar-refractivity contribution >= 4 is 60.8 Å². The fraction of sp³-hybridized carbons (Fsp3) is 0.579. The number of hydrogen-bond acceptors (Lipinski definition) is 3. The van der Waals surface area contributed by atoms with Gasteiger partial charge >= 0.3 is 0 Å². The van der Waals surface area contributed by atoms with Gasteiger partial charge in [-0.2, -0.15) is 0 Å². The molecule has 0 aliphatic heterocycles. The molecule has 4 bridgehead atoms. The minimum absolute atomic E-state index is 0.0151. The van der Waals surface area contributed by atoms with Crippen LogP contribution in [-0.4, -0.2) is 16.1 Å². The highest BCUT2D eigenvalue weighted by atomic mass is 79.9. The number of anilines is 1. The minimum Gasteiger partial charge on any atom is -0.506 e. The first-order chi connectivity index (χ1) is 12.3. The number of thiocarbonyl (C=S) groups is 1. The van der Waals surface area contributed by atoms with E-state index in [0.717, 1.165) is 17.8 Å². The summed E-state index contributed by atoms with van der Waals surface area (Å²) >= 11 is 11.9. The summed E-state index contributed by atoms with van der Waals surface area (Å²) in [6.07, 6.45) is 8.36. The summed E-state index contributed by atoms with van der Waals surface area (Å²) in [5.74, 6) is 2.66. The minimum atomic E-state index is 0.0151. The number of aromatic hydroxyl groups is 1. The average Bonchev–Trinajstić information content (AvgIpc) is 2.50. The standard InChI is InChI=1S/C19H22Br2N2O2S/c20-14-4-13(5-15(21)17(14)25)22-18(26)23-16(24)9-19-6-10-1-11(7-19)3-12(2-10)8-19/h4-5,10-12,25H,1-3,6-9H2,(H2,22,23,24,26). The van der Waals surface area contributed by atoms with Gasteiger partial charge in [0.15, 0.2) is 5.11 Å². The number of carbonyl (C=O) groups is 1. The van der Waals surface area contributed by atoms with Crippen molar-refractivity contribution in [3.63, 3.8) is 0 Å². The maximum absolute atomic E-state index is 12.6. The van der Waals surface area contributed by atoms with Crippen LogP contribution in [0, 0.1) is 23.2 Å². The molecule has 0 heterocycles. The molecule has 0 aromatic heterocycles. The first-order valence-corrected chi connectivity index (χ1v) is 11.1. The molecule has 7 heteroatoms. The molecule has 1 amide bonds. The number of nitrogens with one attached hydrogen (secondary N) is 2. The summed E-state index contributed by atoms with van der Waals surface area (Å²) in [5.41, 5.74) is 0.903. The van der Waals surface area contributed by atoms with Crippen molar-refractivity contribution in [3.8, 4) is 5.75 Å². The monoisotopic (exact) mass is 500 g/mol. The number of phenols is 1. The van der Waals surface area contributed by atoms with Crippen LogP contribution in [0.3, 0.4) is 0 Å². The Balaban J connectivity index is 1.36. The van der Waals surface area contributed by atoms with Gasteiger partial charge in [-0.15, -0.1) is 0 Å². The molecule has 4 aliphatic rings. The lowest BCUT2D eigenvalue weighted by atomic mass is 9.49. The molecule has 5 rings (SSSR count). The smallest absolute Gasteiger partial charge is 0.226 e. The zero-order chi connectivity index (χ0) is 18.5. The lowest BCUT2D eigenvalue weighted by molar-refractivity contribution is -0.127. The Bertz CT molecular complexity index is 710.